The molecule has 0 amide bonds. The first-order valence-electron chi connectivity index (χ1n) is 7.88. The summed E-state index contributed by atoms with van der Waals surface area (Å²) in [5, 5.41) is 22.2. The van der Waals surface area contributed by atoms with E-state index < -0.39 is 5.97 Å². The minimum absolute atomic E-state index is 0.0696. The van der Waals surface area contributed by atoms with Crippen molar-refractivity contribution in [2.24, 2.45) is 0 Å². The molecule has 0 aromatic carbocycles. The molecule has 0 spiro atoms. The van der Waals surface area contributed by atoms with Crippen LogP contribution in [-0.2, 0) is 0 Å². The van der Waals surface area contributed by atoms with Gasteiger partial charge in [0.1, 0.15) is 17.2 Å². The lowest BCUT2D eigenvalue weighted by molar-refractivity contribution is 0.0683. The highest BCUT2D eigenvalue weighted by Crippen LogP contribution is 2.36. The summed E-state index contributed by atoms with van der Waals surface area (Å²) in [5.74, 6) is -0.353. The average Bonchev–Trinajstić information content (AvgIpc) is 3.13. The summed E-state index contributed by atoms with van der Waals surface area (Å²) < 4.78 is 1.79. The van der Waals surface area contributed by atoms with E-state index in [1.54, 1.807) is 10.6 Å². The predicted octanol–water partition coefficient (Wildman–Crippen LogP) is 1.62. The quantitative estimate of drug-likeness (QED) is 0.596. The molecule has 2 heterocycles. The fourth-order valence-corrected chi connectivity index (χ4v) is 3.23. The molecule has 2 aromatic rings. The summed E-state index contributed by atoms with van der Waals surface area (Å²) >= 11 is 0. The lowest BCUT2D eigenvalue weighted by atomic mass is 10.2. The van der Waals surface area contributed by atoms with Crippen LogP contribution < -0.4 is 11.1 Å². The second kappa shape index (κ2) is 6.41. The van der Waals surface area contributed by atoms with Crippen molar-refractivity contribution in [1.29, 1.82) is 0 Å². The highest BCUT2D eigenvalue weighted by Gasteiger charge is 2.26. The Bertz CT molecular complexity index is 721. The number of nitrogens with two attached hydrogens (primary N) is 1. The number of aliphatic hydroxyl groups is 1. The van der Waals surface area contributed by atoms with Gasteiger partial charge in [-0.1, -0.05) is 12.8 Å². The van der Waals surface area contributed by atoms with E-state index in [1.165, 1.54) is 0 Å². The molecule has 23 heavy (non-hydrogen) atoms. The van der Waals surface area contributed by atoms with E-state index >= 15 is 0 Å². The number of aromatic nitrogens is 3. The molecule has 0 radical (unpaired) electrons. The number of anilines is 2. The topological polar surface area (TPSA) is 126 Å². The molecule has 1 fully saturated rings. The van der Waals surface area contributed by atoms with E-state index in [-0.39, 0.29) is 24.3 Å². The van der Waals surface area contributed by atoms with Crippen LogP contribution in [0.3, 0.4) is 0 Å². The highest BCUT2D eigenvalue weighted by molar-refractivity contribution is 5.98. The fraction of sp³-hybridized carbons (Fsp3) is 0.533. The average molecular weight is 319 g/mol. The van der Waals surface area contributed by atoms with Crippen molar-refractivity contribution in [1.82, 2.24) is 14.5 Å². The van der Waals surface area contributed by atoms with E-state index in [2.05, 4.69) is 15.3 Å². The standard InChI is InChI=1S/C15H21N5O3/c16-15-18-12(17-6-3-7-21)10-8-11(14(22)23)20(13(10)19-15)9-4-1-2-5-9/h8-9,21H,1-7H2,(H,22,23)(H3,16,17,18,19). The van der Waals surface area contributed by atoms with Gasteiger partial charge in [0.25, 0.3) is 0 Å². The summed E-state index contributed by atoms with van der Waals surface area (Å²) in [7, 11) is 0. The molecule has 8 heteroatoms. The monoisotopic (exact) mass is 319 g/mol. The van der Waals surface area contributed by atoms with Gasteiger partial charge < -0.3 is 25.8 Å². The maximum Gasteiger partial charge on any atom is 0.352 e. The molecule has 0 bridgehead atoms. The van der Waals surface area contributed by atoms with Crippen LogP contribution in [0.15, 0.2) is 6.07 Å². The van der Waals surface area contributed by atoms with Crippen LogP contribution >= 0.6 is 0 Å². The number of hydrogen-bond acceptors (Lipinski definition) is 6. The molecule has 124 valence electrons. The van der Waals surface area contributed by atoms with Crippen molar-refractivity contribution in [3.8, 4) is 0 Å². The van der Waals surface area contributed by atoms with Gasteiger partial charge in [0.05, 0.1) is 5.39 Å². The van der Waals surface area contributed by atoms with Gasteiger partial charge in [0.15, 0.2) is 0 Å². The predicted molar refractivity (Wildman–Crippen MR) is 86.6 cm³/mol. The maximum absolute atomic E-state index is 11.7. The van der Waals surface area contributed by atoms with Crippen LogP contribution in [0.5, 0.6) is 0 Å². The number of nitrogens with one attached hydrogen (secondary N) is 1. The lowest BCUT2D eigenvalue weighted by Crippen LogP contribution is -2.14. The van der Waals surface area contributed by atoms with E-state index in [4.69, 9.17) is 10.8 Å². The third kappa shape index (κ3) is 2.94. The van der Waals surface area contributed by atoms with E-state index in [0.717, 1.165) is 25.7 Å². The largest absolute Gasteiger partial charge is 0.477 e. The molecule has 8 nitrogen and oxygen atoms in total. The minimum Gasteiger partial charge on any atom is -0.477 e. The summed E-state index contributed by atoms with van der Waals surface area (Å²) in [6.07, 6.45) is 4.64. The molecular weight excluding hydrogens is 298 g/mol. The van der Waals surface area contributed by atoms with Crippen molar-refractivity contribution >= 4 is 28.8 Å². The number of carbonyl (C=O) groups is 1. The summed E-state index contributed by atoms with van der Waals surface area (Å²) in [5.41, 5.74) is 6.59. The number of nitrogen functional groups attached to an aromatic ring is 1. The number of aromatic carboxylic acids is 1. The number of nitrogens with zero attached hydrogens (tertiary/aromatic N) is 3. The van der Waals surface area contributed by atoms with Crippen molar-refractivity contribution in [2.75, 3.05) is 24.2 Å². The molecule has 3 rings (SSSR count). The van der Waals surface area contributed by atoms with Crippen LogP contribution in [0.25, 0.3) is 11.0 Å². The number of aliphatic hydroxyl groups excluding tert-OH is 1. The van der Waals surface area contributed by atoms with Crippen molar-refractivity contribution in [2.45, 2.75) is 38.1 Å². The molecule has 1 saturated carbocycles. The molecule has 2 aromatic heterocycles. The Kier molecular flexibility index (Phi) is 4.33. The van der Waals surface area contributed by atoms with Crippen molar-refractivity contribution in [3.05, 3.63) is 11.8 Å². The Hall–Kier alpha value is -2.35. The zero-order valence-electron chi connectivity index (χ0n) is 12.8. The molecule has 1 aliphatic carbocycles. The zero-order valence-corrected chi connectivity index (χ0v) is 12.8. The summed E-state index contributed by atoms with van der Waals surface area (Å²) in [6, 6.07) is 1.75. The Morgan fingerprint density at radius 1 is 1.39 bits per heavy atom. The van der Waals surface area contributed by atoms with Crippen LogP contribution in [0.4, 0.5) is 11.8 Å². The van der Waals surface area contributed by atoms with Gasteiger partial charge in [-0.3, -0.25) is 0 Å². The van der Waals surface area contributed by atoms with Crippen LogP contribution in [0.2, 0.25) is 0 Å². The number of carboxylic acids is 1. The molecule has 0 unspecified atom stereocenters. The van der Waals surface area contributed by atoms with E-state index in [9.17, 15) is 9.90 Å². The molecule has 0 aliphatic heterocycles. The first-order chi connectivity index (χ1) is 11.1. The molecule has 1 aliphatic rings. The van der Waals surface area contributed by atoms with Gasteiger partial charge in [-0.2, -0.15) is 9.97 Å². The van der Waals surface area contributed by atoms with Crippen LogP contribution in [-0.4, -0.2) is 43.9 Å². The van der Waals surface area contributed by atoms with Crippen LogP contribution in [0.1, 0.15) is 48.6 Å². The van der Waals surface area contributed by atoms with Gasteiger partial charge in [-0.15, -0.1) is 0 Å². The molecule has 0 atom stereocenters. The highest BCUT2D eigenvalue weighted by atomic mass is 16.4. The Balaban J connectivity index is 2.12. The molecule has 0 saturated heterocycles. The zero-order chi connectivity index (χ0) is 16.4. The Labute approximate surface area is 133 Å². The van der Waals surface area contributed by atoms with Gasteiger partial charge in [0, 0.05) is 19.2 Å². The number of carboxylic acid groups (broad SMARTS) is 1. The first-order valence-corrected chi connectivity index (χ1v) is 7.88. The second-order valence-electron chi connectivity index (χ2n) is 5.81. The number of rotatable bonds is 6. The maximum atomic E-state index is 11.7. The first kappa shape index (κ1) is 15.5. The number of hydrogen-bond donors (Lipinski definition) is 4. The smallest absolute Gasteiger partial charge is 0.352 e. The van der Waals surface area contributed by atoms with Crippen molar-refractivity contribution < 1.29 is 15.0 Å². The third-order valence-corrected chi connectivity index (χ3v) is 4.25. The number of fused-ring (bicyclic) bond motifs is 1. The molecule has 5 N–H and O–H groups in total. The normalized spacial score (nSPS) is 15.3. The molecular formula is C15H21N5O3. The lowest BCUT2D eigenvalue weighted by Gasteiger charge is -2.15. The van der Waals surface area contributed by atoms with Crippen molar-refractivity contribution in [3.63, 3.8) is 0 Å². The fourth-order valence-electron chi connectivity index (χ4n) is 3.23. The SMILES string of the molecule is Nc1nc(NCCCO)c2cc(C(=O)O)n(C3CCCC3)c2n1. The van der Waals surface area contributed by atoms with Crippen LogP contribution in [0, 0.1) is 0 Å². The summed E-state index contributed by atoms with van der Waals surface area (Å²) in [6.45, 7) is 0.596. The summed E-state index contributed by atoms with van der Waals surface area (Å²) in [4.78, 5) is 20.1. The van der Waals surface area contributed by atoms with E-state index in [1.807, 2.05) is 0 Å². The Morgan fingerprint density at radius 3 is 2.78 bits per heavy atom. The minimum atomic E-state index is -0.977. The Morgan fingerprint density at radius 2 is 2.13 bits per heavy atom. The van der Waals surface area contributed by atoms with Gasteiger partial charge in [0.2, 0.25) is 5.95 Å². The second-order valence-corrected chi connectivity index (χ2v) is 5.81. The van der Waals surface area contributed by atoms with Gasteiger partial charge in [-0.25, -0.2) is 4.79 Å². The van der Waals surface area contributed by atoms with E-state index in [0.29, 0.717) is 29.8 Å². The third-order valence-electron chi connectivity index (χ3n) is 4.25. The van der Waals surface area contributed by atoms with Gasteiger partial charge in [-0.05, 0) is 25.3 Å². The van der Waals surface area contributed by atoms with Gasteiger partial charge >= 0.3 is 5.97 Å².